The topological polar surface area (TPSA) is 45.7 Å². The van der Waals surface area contributed by atoms with E-state index in [1.165, 1.54) is 5.56 Å². The average Bonchev–Trinajstić information content (AvgIpc) is 3.91. The number of hydrogen-bond acceptors (Lipinski definition) is 5. The van der Waals surface area contributed by atoms with Crippen molar-refractivity contribution in [3.8, 4) is 22.6 Å². The monoisotopic (exact) mass is 745 g/mol. The van der Waals surface area contributed by atoms with Gasteiger partial charge in [-0.25, -0.2) is 4.98 Å². The van der Waals surface area contributed by atoms with Crippen LogP contribution < -0.4 is 9.80 Å². The number of benzene rings is 9. The molecule has 5 nitrogen and oxygen atoms in total. The Hall–Kier alpha value is -7.89. The van der Waals surface area contributed by atoms with E-state index in [9.17, 15) is 0 Å². The lowest BCUT2D eigenvalue weighted by atomic mass is 10.0. The molecule has 0 N–H and O–H groups in total. The minimum absolute atomic E-state index is 0.559. The van der Waals surface area contributed by atoms with E-state index in [1.54, 1.807) is 0 Å². The van der Waals surface area contributed by atoms with Gasteiger partial charge in [-0.2, -0.15) is 0 Å². The number of para-hydroxylation sites is 3. The fraction of sp³-hybridized carbons (Fsp3) is 0. The van der Waals surface area contributed by atoms with E-state index in [0.717, 1.165) is 83.5 Å². The van der Waals surface area contributed by atoms with Crippen molar-refractivity contribution in [2.45, 2.75) is 0 Å². The number of furan rings is 1. The largest absolute Gasteiger partial charge is 0.456 e. The fourth-order valence-corrected chi connectivity index (χ4v) is 8.16. The molecule has 9 aromatic carbocycles. The zero-order valence-electron chi connectivity index (χ0n) is 31.4. The Morgan fingerprint density at radius 1 is 0.362 bits per heavy atom. The van der Waals surface area contributed by atoms with Crippen LogP contribution in [0.15, 0.2) is 221 Å². The maximum atomic E-state index is 7.01. The number of aromatic nitrogens is 1. The van der Waals surface area contributed by atoms with Gasteiger partial charge in [-0.05, 0) is 101 Å². The maximum Gasteiger partial charge on any atom is 0.227 e. The van der Waals surface area contributed by atoms with Gasteiger partial charge in [-0.1, -0.05) is 127 Å². The van der Waals surface area contributed by atoms with E-state index in [0.29, 0.717) is 11.5 Å². The second-order valence-electron chi connectivity index (χ2n) is 14.4. The summed E-state index contributed by atoms with van der Waals surface area (Å²) in [6.45, 7) is 0. The molecule has 0 spiro atoms. The van der Waals surface area contributed by atoms with Crippen molar-refractivity contribution in [1.29, 1.82) is 0 Å². The predicted octanol–water partition coefficient (Wildman–Crippen LogP) is 15.2. The van der Waals surface area contributed by atoms with E-state index < -0.39 is 0 Å². The summed E-state index contributed by atoms with van der Waals surface area (Å²) >= 11 is 0. The van der Waals surface area contributed by atoms with Gasteiger partial charge >= 0.3 is 0 Å². The first-order valence-corrected chi connectivity index (χ1v) is 19.5. The Kier molecular flexibility index (Phi) is 8.07. The van der Waals surface area contributed by atoms with Crippen LogP contribution in [0.1, 0.15) is 0 Å². The van der Waals surface area contributed by atoms with Gasteiger partial charge in [-0.15, -0.1) is 0 Å². The van der Waals surface area contributed by atoms with Crippen molar-refractivity contribution in [2.75, 3.05) is 9.80 Å². The third kappa shape index (κ3) is 5.76. The van der Waals surface area contributed by atoms with E-state index in [-0.39, 0.29) is 0 Å². The summed E-state index contributed by atoms with van der Waals surface area (Å²) in [5, 5.41) is 4.13. The van der Waals surface area contributed by atoms with Crippen LogP contribution in [0.4, 0.5) is 34.1 Å². The Morgan fingerprint density at radius 3 is 1.62 bits per heavy atom. The van der Waals surface area contributed by atoms with Crippen LogP contribution in [0.2, 0.25) is 0 Å². The Bertz CT molecular complexity index is 3210. The van der Waals surface area contributed by atoms with Gasteiger partial charge in [0.2, 0.25) is 5.89 Å². The number of nitrogens with zero attached hydrogens (tertiary/aromatic N) is 3. The van der Waals surface area contributed by atoms with Crippen molar-refractivity contribution in [1.82, 2.24) is 4.98 Å². The minimum atomic E-state index is 0.559. The Labute approximate surface area is 335 Å². The van der Waals surface area contributed by atoms with Crippen molar-refractivity contribution >= 4 is 77.9 Å². The lowest BCUT2D eigenvalue weighted by Crippen LogP contribution is -2.12. The molecule has 0 fully saturated rings. The number of rotatable bonds is 8. The second kappa shape index (κ2) is 14.0. The highest BCUT2D eigenvalue weighted by Gasteiger charge is 2.26. The summed E-state index contributed by atoms with van der Waals surface area (Å²) in [5.74, 6) is 0.559. The number of fused-ring (bicyclic) bond motifs is 6. The van der Waals surface area contributed by atoms with E-state index in [4.69, 9.17) is 13.8 Å². The normalized spacial score (nSPS) is 11.4. The SMILES string of the molecule is c1ccc(-c2ccc(N(c3ccccc3)c3cc4cccc(N(c5ccccc5)c5ccc6oc7ccccc7c6c5)c4c4oc(-c5ccccc5)nc34)cc2)cc1. The van der Waals surface area contributed by atoms with Gasteiger partial charge < -0.3 is 18.6 Å². The summed E-state index contributed by atoms with van der Waals surface area (Å²) in [5.41, 5.74) is 12.4. The van der Waals surface area contributed by atoms with Crippen molar-refractivity contribution in [2.24, 2.45) is 0 Å². The lowest BCUT2D eigenvalue weighted by Gasteiger charge is -2.28. The molecule has 0 aliphatic rings. The standard InChI is InChI=1S/C53H35N3O2/c1-5-16-36(17-6-1)37-28-30-42(31-29-37)55(40-21-9-3-10-22-40)47-34-39-20-15-26-46(50(39)52-51(47)54-53(58-52)38-18-7-2-8-19-38)56(41-23-11-4-12-24-41)43-32-33-49-45(35-43)44-25-13-14-27-48(44)57-49/h1-35H. The highest BCUT2D eigenvalue weighted by atomic mass is 16.3. The van der Waals surface area contributed by atoms with Crippen LogP contribution in [-0.4, -0.2) is 4.98 Å². The molecule has 0 atom stereocenters. The highest BCUT2D eigenvalue weighted by Crippen LogP contribution is 2.48. The number of anilines is 6. The van der Waals surface area contributed by atoms with Gasteiger partial charge in [0.25, 0.3) is 0 Å². The molecular formula is C53H35N3O2. The maximum absolute atomic E-state index is 7.01. The minimum Gasteiger partial charge on any atom is -0.456 e. The molecule has 5 heteroatoms. The van der Waals surface area contributed by atoms with Gasteiger partial charge in [0, 0.05) is 39.1 Å². The van der Waals surface area contributed by atoms with Crippen LogP contribution >= 0.6 is 0 Å². The molecule has 11 aromatic rings. The van der Waals surface area contributed by atoms with Crippen LogP contribution in [0.5, 0.6) is 0 Å². The molecule has 0 bridgehead atoms. The molecule has 0 amide bonds. The third-order valence-electron chi connectivity index (χ3n) is 10.8. The fourth-order valence-electron chi connectivity index (χ4n) is 8.16. The van der Waals surface area contributed by atoms with Crippen molar-refractivity contribution < 1.29 is 8.83 Å². The van der Waals surface area contributed by atoms with Gasteiger partial charge in [0.15, 0.2) is 5.58 Å². The molecule has 0 aliphatic carbocycles. The second-order valence-corrected chi connectivity index (χ2v) is 14.4. The molecule has 0 saturated heterocycles. The average molecular weight is 746 g/mol. The molecule has 2 aromatic heterocycles. The van der Waals surface area contributed by atoms with Crippen molar-refractivity contribution in [3.63, 3.8) is 0 Å². The molecular weight excluding hydrogens is 711 g/mol. The molecule has 0 saturated carbocycles. The summed E-state index contributed by atoms with van der Waals surface area (Å²) in [7, 11) is 0. The zero-order chi connectivity index (χ0) is 38.4. The first-order valence-electron chi connectivity index (χ1n) is 19.5. The third-order valence-corrected chi connectivity index (χ3v) is 10.8. The van der Waals surface area contributed by atoms with Crippen LogP contribution in [0.3, 0.4) is 0 Å². The Morgan fingerprint density at radius 2 is 0.914 bits per heavy atom. The van der Waals surface area contributed by atoms with Crippen molar-refractivity contribution in [3.05, 3.63) is 212 Å². The van der Waals surface area contributed by atoms with E-state index in [1.807, 2.05) is 54.6 Å². The molecule has 0 aliphatic heterocycles. The molecule has 0 unspecified atom stereocenters. The summed E-state index contributed by atoms with van der Waals surface area (Å²) in [6.07, 6.45) is 0. The van der Waals surface area contributed by atoms with E-state index in [2.05, 4.69) is 168 Å². The van der Waals surface area contributed by atoms with E-state index >= 15 is 0 Å². The molecule has 58 heavy (non-hydrogen) atoms. The lowest BCUT2D eigenvalue weighted by molar-refractivity contribution is 0.623. The van der Waals surface area contributed by atoms with Gasteiger partial charge in [0.05, 0.1) is 16.8 Å². The zero-order valence-corrected chi connectivity index (χ0v) is 31.4. The Balaban J connectivity index is 1.18. The predicted molar refractivity (Wildman–Crippen MR) is 239 cm³/mol. The van der Waals surface area contributed by atoms with Crippen LogP contribution in [0, 0.1) is 0 Å². The molecule has 274 valence electrons. The quantitative estimate of drug-likeness (QED) is 0.155. The molecule has 2 heterocycles. The van der Waals surface area contributed by atoms with Crippen LogP contribution in [0.25, 0.3) is 66.4 Å². The summed E-state index contributed by atoms with van der Waals surface area (Å²) in [4.78, 5) is 9.94. The first kappa shape index (κ1) is 33.4. The first-order chi connectivity index (χ1) is 28.8. The van der Waals surface area contributed by atoms with Gasteiger partial charge in [-0.3, -0.25) is 0 Å². The molecule has 11 rings (SSSR count). The summed E-state index contributed by atoms with van der Waals surface area (Å²) < 4.78 is 13.3. The highest BCUT2D eigenvalue weighted by molar-refractivity contribution is 6.17. The smallest absolute Gasteiger partial charge is 0.227 e. The number of hydrogen-bond donors (Lipinski definition) is 0. The van der Waals surface area contributed by atoms with Crippen LogP contribution in [-0.2, 0) is 0 Å². The van der Waals surface area contributed by atoms with Gasteiger partial charge in [0.1, 0.15) is 16.7 Å². The summed E-state index contributed by atoms with van der Waals surface area (Å²) in [6, 6.07) is 73.7. The number of oxazole rings is 1. The molecule has 0 radical (unpaired) electrons.